The molecule has 1 aliphatic rings. The van der Waals surface area contributed by atoms with E-state index in [1.165, 1.54) is 4.68 Å². The van der Waals surface area contributed by atoms with E-state index in [4.69, 9.17) is 4.74 Å². The fraction of sp³-hybridized carbons (Fsp3) is 0.524. The highest BCUT2D eigenvalue weighted by atomic mass is 16.5. The van der Waals surface area contributed by atoms with Crippen molar-refractivity contribution in [1.82, 2.24) is 15.1 Å². The molecule has 28 heavy (non-hydrogen) atoms. The molecule has 7 nitrogen and oxygen atoms in total. The van der Waals surface area contributed by atoms with Gasteiger partial charge in [0.25, 0.3) is 11.5 Å². The molecule has 0 spiro atoms. The maximum Gasteiger partial charge on any atom is 0.359 e. The Morgan fingerprint density at radius 1 is 1.18 bits per heavy atom. The van der Waals surface area contributed by atoms with Crippen LogP contribution in [0.25, 0.3) is 10.8 Å². The normalized spacial score (nSPS) is 14.3. The van der Waals surface area contributed by atoms with E-state index in [1.807, 2.05) is 0 Å². The highest BCUT2D eigenvalue weighted by Crippen LogP contribution is 2.18. The summed E-state index contributed by atoms with van der Waals surface area (Å²) in [6, 6.07) is 7.03. The van der Waals surface area contributed by atoms with Gasteiger partial charge in [-0.2, -0.15) is 5.10 Å². The molecule has 0 bridgehead atoms. The zero-order chi connectivity index (χ0) is 19.9. The van der Waals surface area contributed by atoms with Crippen molar-refractivity contribution in [3.63, 3.8) is 0 Å². The van der Waals surface area contributed by atoms with Crippen molar-refractivity contribution in [1.29, 1.82) is 0 Å². The molecule has 1 heterocycles. The Bertz CT molecular complexity index is 900. The summed E-state index contributed by atoms with van der Waals surface area (Å²) in [5, 5.41) is 8.01. The lowest BCUT2D eigenvalue weighted by Gasteiger charge is -2.13. The maximum atomic E-state index is 12.6. The minimum atomic E-state index is -0.693. The van der Waals surface area contributed by atoms with Crippen molar-refractivity contribution >= 4 is 22.6 Å². The maximum absolute atomic E-state index is 12.6. The molecule has 1 aromatic heterocycles. The highest BCUT2D eigenvalue weighted by Gasteiger charge is 2.21. The average molecular weight is 385 g/mol. The number of hydrogen-bond acceptors (Lipinski definition) is 5. The standard InChI is InChI=1S/C21H27N3O4/c1-2-3-8-13-24-20(26)17-12-7-6-11-16(17)19(23-24)21(27)28-14-18(25)22-15-9-4-5-10-15/h6-7,11-12,15H,2-5,8-10,13-14H2,1H3,(H,22,25). The predicted octanol–water partition coefficient (Wildman–Crippen LogP) is 2.80. The minimum Gasteiger partial charge on any atom is -0.451 e. The number of rotatable bonds is 8. The van der Waals surface area contributed by atoms with Gasteiger partial charge in [0.05, 0.1) is 5.39 Å². The van der Waals surface area contributed by atoms with Crippen molar-refractivity contribution in [3.05, 3.63) is 40.3 Å². The fourth-order valence-corrected chi connectivity index (χ4v) is 3.59. The van der Waals surface area contributed by atoms with Crippen molar-refractivity contribution in [3.8, 4) is 0 Å². The Kier molecular flexibility index (Phi) is 6.79. The van der Waals surface area contributed by atoms with Crippen LogP contribution in [0, 0.1) is 0 Å². The van der Waals surface area contributed by atoms with Gasteiger partial charge in [0.1, 0.15) is 0 Å². The number of carbonyl (C=O) groups excluding carboxylic acids is 2. The Morgan fingerprint density at radius 3 is 2.61 bits per heavy atom. The average Bonchev–Trinajstić information content (AvgIpc) is 3.21. The number of aryl methyl sites for hydroxylation is 1. The first-order valence-corrected chi connectivity index (χ1v) is 10.1. The number of carbonyl (C=O) groups is 2. The summed E-state index contributed by atoms with van der Waals surface area (Å²) in [4.78, 5) is 37.3. The molecule has 1 saturated carbocycles. The summed E-state index contributed by atoms with van der Waals surface area (Å²) in [6.45, 7) is 2.18. The zero-order valence-electron chi connectivity index (χ0n) is 16.3. The van der Waals surface area contributed by atoms with Crippen LogP contribution in [-0.2, 0) is 16.1 Å². The number of esters is 1. The number of nitrogens with one attached hydrogen (secondary N) is 1. The lowest BCUT2D eigenvalue weighted by atomic mass is 10.1. The van der Waals surface area contributed by atoms with E-state index in [-0.39, 0.29) is 29.8 Å². The molecule has 1 aliphatic carbocycles. The molecular formula is C21H27N3O4. The van der Waals surface area contributed by atoms with Gasteiger partial charge in [-0.25, -0.2) is 9.48 Å². The van der Waals surface area contributed by atoms with Crippen molar-refractivity contribution in [2.75, 3.05) is 6.61 Å². The van der Waals surface area contributed by atoms with Crippen molar-refractivity contribution < 1.29 is 14.3 Å². The Labute approximate surface area is 164 Å². The number of nitrogens with zero attached hydrogens (tertiary/aromatic N) is 2. The quantitative estimate of drug-likeness (QED) is 0.557. The van der Waals surface area contributed by atoms with E-state index in [1.54, 1.807) is 24.3 Å². The molecule has 0 unspecified atom stereocenters. The van der Waals surface area contributed by atoms with Gasteiger partial charge in [0.2, 0.25) is 0 Å². The number of aromatic nitrogens is 2. The second-order valence-corrected chi connectivity index (χ2v) is 7.25. The van der Waals surface area contributed by atoms with Crippen LogP contribution >= 0.6 is 0 Å². The summed E-state index contributed by atoms with van der Waals surface area (Å²) >= 11 is 0. The lowest BCUT2D eigenvalue weighted by Crippen LogP contribution is -2.36. The molecule has 0 saturated heterocycles. The Hall–Kier alpha value is -2.70. The van der Waals surface area contributed by atoms with Gasteiger partial charge in [-0.15, -0.1) is 0 Å². The van der Waals surface area contributed by atoms with Crippen molar-refractivity contribution in [2.45, 2.75) is 64.5 Å². The number of benzene rings is 1. The summed E-state index contributed by atoms with van der Waals surface area (Å²) in [7, 11) is 0. The van der Waals surface area contributed by atoms with Crippen LogP contribution in [0.3, 0.4) is 0 Å². The molecule has 1 N–H and O–H groups in total. The highest BCUT2D eigenvalue weighted by molar-refractivity contribution is 6.02. The van der Waals surface area contributed by atoms with Crippen LogP contribution in [0.1, 0.15) is 62.4 Å². The first-order chi connectivity index (χ1) is 13.6. The summed E-state index contributed by atoms with van der Waals surface area (Å²) in [5.74, 6) is -0.997. The predicted molar refractivity (Wildman–Crippen MR) is 106 cm³/mol. The third kappa shape index (κ3) is 4.77. The molecule has 0 aliphatic heterocycles. The van der Waals surface area contributed by atoms with Crippen molar-refractivity contribution in [2.24, 2.45) is 0 Å². The van der Waals surface area contributed by atoms with Crippen LogP contribution in [0.15, 0.2) is 29.1 Å². The molecule has 1 amide bonds. The van der Waals surface area contributed by atoms with Gasteiger partial charge in [0.15, 0.2) is 12.3 Å². The van der Waals surface area contributed by atoms with Gasteiger partial charge in [-0.3, -0.25) is 9.59 Å². The van der Waals surface area contributed by atoms with Crippen LogP contribution in [-0.4, -0.2) is 34.3 Å². The molecule has 1 fully saturated rings. The van der Waals surface area contributed by atoms with Gasteiger partial charge in [0, 0.05) is 18.0 Å². The first-order valence-electron chi connectivity index (χ1n) is 10.1. The van der Waals surface area contributed by atoms with Gasteiger partial charge in [-0.05, 0) is 25.3 Å². The summed E-state index contributed by atoms with van der Waals surface area (Å²) < 4.78 is 6.53. The van der Waals surface area contributed by atoms with E-state index >= 15 is 0 Å². The van der Waals surface area contributed by atoms with Crippen LogP contribution < -0.4 is 10.9 Å². The Morgan fingerprint density at radius 2 is 1.89 bits per heavy atom. The molecule has 7 heteroatoms. The molecule has 0 radical (unpaired) electrons. The number of hydrogen-bond donors (Lipinski definition) is 1. The summed E-state index contributed by atoms with van der Waals surface area (Å²) in [5.41, 5.74) is -0.150. The fourth-order valence-electron chi connectivity index (χ4n) is 3.59. The molecule has 1 aromatic carbocycles. The smallest absolute Gasteiger partial charge is 0.359 e. The molecule has 3 rings (SSSR count). The second-order valence-electron chi connectivity index (χ2n) is 7.25. The monoisotopic (exact) mass is 385 g/mol. The topological polar surface area (TPSA) is 90.3 Å². The lowest BCUT2D eigenvalue weighted by molar-refractivity contribution is -0.124. The number of unbranched alkanes of at least 4 members (excludes halogenated alkanes) is 2. The van der Waals surface area contributed by atoms with E-state index < -0.39 is 5.97 Å². The summed E-state index contributed by atoms with van der Waals surface area (Å²) in [6.07, 6.45) is 6.96. The number of amides is 1. The van der Waals surface area contributed by atoms with Gasteiger partial charge < -0.3 is 10.1 Å². The van der Waals surface area contributed by atoms with E-state index in [9.17, 15) is 14.4 Å². The van der Waals surface area contributed by atoms with Crippen LogP contribution in [0.4, 0.5) is 0 Å². The molecular weight excluding hydrogens is 358 g/mol. The third-order valence-electron chi connectivity index (χ3n) is 5.09. The molecule has 2 aromatic rings. The number of fused-ring (bicyclic) bond motifs is 1. The van der Waals surface area contributed by atoms with Gasteiger partial charge in [-0.1, -0.05) is 50.8 Å². The molecule has 150 valence electrons. The molecule has 0 atom stereocenters. The number of ether oxygens (including phenoxy) is 1. The SMILES string of the molecule is CCCCCn1nc(C(=O)OCC(=O)NC2CCCC2)c2ccccc2c1=O. The second kappa shape index (κ2) is 9.48. The zero-order valence-corrected chi connectivity index (χ0v) is 16.3. The minimum absolute atomic E-state index is 0.0698. The largest absolute Gasteiger partial charge is 0.451 e. The first kappa shape index (κ1) is 20.0. The van der Waals surface area contributed by atoms with Gasteiger partial charge >= 0.3 is 5.97 Å². The van der Waals surface area contributed by atoms with E-state index in [0.29, 0.717) is 17.3 Å². The van der Waals surface area contributed by atoms with Crippen LogP contribution in [0.2, 0.25) is 0 Å². The van der Waals surface area contributed by atoms with Crippen LogP contribution in [0.5, 0.6) is 0 Å². The third-order valence-corrected chi connectivity index (χ3v) is 5.09. The van der Waals surface area contributed by atoms with E-state index in [2.05, 4.69) is 17.3 Å². The van der Waals surface area contributed by atoms with E-state index in [0.717, 1.165) is 44.9 Å². The Balaban J connectivity index is 1.76.